The highest BCUT2D eigenvalue weighted by molar-refractivity contribution is 7.17. The van der Waals surface area contributed by atoms with Crippen LogP contribution >= 0.6 is 11.3 Å². The van der Waals surface area contributed by atoms with Crippen molar-refractivity contribution in [1.82, 2.24) is 15.2 Å². The zero-order valence-corrected chi connectivity index (χ0v) is 12.9. The largest absolute Gasteiger partial charge is 0.378 e. The van der Waals surface area contributed by atoms with Crippen molar-refractivity contribution in [3.63, 3.8) is 0 Å². The predicted octanol–water partition coefficient (Wildman–Crippen LogP) is 0.817. The van der Waals surface area contributed by atoms with Crippen LogP contribution in [0.3, 0.4) is 0 Å². The van der Waals surface area contributed by atoms with E-state index in [1.54, 1.807) is 24.5 Å². The van der Waals surface area contributed by atoms with Crippen LogP contribution in [-0.4, -0.2) is 47.7 Å². The van der Waals surface area contributed by atoms with E-state index < -0.39 is 0 Å². The summed E-state index contributed by atoms with van der Waals surface area (Å²) in [7, 11) is 0. The zero-order valence-electron chi connectivity index (χ0n) is 12.1. The van der Waals surface area contributed by atoms with Crippen LogP contribution in [0.15, 0.2) is 22.0 Å². The number of anilines is 2. The lowest BCUT2D eigenvalue weighted by Gasteiger charge is -2.27. The number of aromatic nitrogens is 3. The molecule has 1 aliphatic heterocycles. The Bertz CT molecular complexity index is 719. The Kier molecular flexibility index (Phi) is 4.45. The van der Waals surface area contributed by atoms with Gasteiger partial charge in [-0.05, 0) is 19.1 Å². The molecule has 2 aromatic rings. The van der Waals surface area contributed by atoms with Gasteiger partial charge < -0.3 is 9.64 Å². The maximum Gasteiger partial charge on any atom is 0.274 e. The van der Waals surface area contributed by atoms with Crippen LogP contribution in [0.5, 0.6) is 0 Å². The predicted molar refractivity (Wildman–Crippen MR) is 86.0 cm³/mol. The number of nitrogens with one attached hydrogen (secondary N) is 2. The molecular formula is C13H16N6O2S. The van der Waals surface area contributed by atoms with Gasteiger partial charge in [0.25, 0.3) is 5.56 Å². The number of thiophene rings is 1. The van der Waals surface area contributed by atoms with Crippen molar-refractivity contribution < 1.29 is 4.74 Å². The molecular weight excluding hydrogens is 304 g/mol. The number of H-pyrrole nitrogens is 1. The highest BCUT2D eigenvalue weighted by atomic mass is 32.1. The molecule has 1 saturated heterocycles. The van der Waals surface area contributed by atoms with Gasteiger partial charge in [-0.1, -0.05) is 0 Å². The van der Waals surface area contributed by atoms with Gasteiger partial charge in [0.05, 0.1) is 24.4 Å². The molecule has 116 valence electrons. The molecule has 0 atom stereocenters. The Hall–Kier alpha value is -2.26. The van der Waals surface area contributed by atoms with Crippen LogP contribution in [0.25, 0.3) is 0 Å². The van der Waals surface area contributed by atoms with E-state index in [-0.39, 0.29) is 11.5 Å². The molecule has 9 heteroatoms. The molecule has 0 spiro atoms. The lowest BCUT2D eigenvalue weighted by Crippen LogP contribution is -2.35. The lowest BCUT2D eigenvalue weighted by molar-refractivity contribution is 0.123. The van der Waals surface area contributed by atoms with Gasteiger partial charge in [0.2, 0.25) is 5.95 Å². The summed E-state index contributed by atoms with van der Waals surface area (Å²) < 4.78 is 5.34. The maximum atomic E-state index is 11.4. The number of hydrogen-bond acceptors (Lipinski definition) is 8. The summed E-state index contributed by atoms with van der Waals surface area (Å²) in [5.74, 6) is 0.219. The minimum atomic E-state index is -0.279. The molecule has 0 aromatic carbocycles. The molecule has 1 fully saturated rings. The molecule has 0 radical (unpaired) electrons. The normalized spacial score (nSPS) is 15.4. The fraction of sp³-hybridized carbons (Fsp3) is 0.385. The van der Waals surface area contributed by atoms with Crippen molar-refractivity contribution in [2.24, 2.45) is 5.10 Å². The third-order valence-electron chi connectivity index (χ3n) is 3.16. The van der Waals surface area contributed by atoms with Crippen molar-refractivity contribution >= 4 is 28.5 Å². The average Bonchev–Trinajstić information content (AvgIpc) is 3.01. The summed E-state index contributed by atoms with van der Waals surface area (Å²) >= 11 is 1.65. The van der Waals surface area contributed by atoms with Crippen molar-refractivity contribution in [1.29, 1.82) is 0 Å². The Morgan fingerprint density at radius 1 is 1.41 bits per heavy atom. The third kappa shape index (κ3) is 3.49. The van der Waals surface area contributed by atoms with E-state index >= 15 is 0 Å². The quantitative estimate of drug-likeness (QED) is 0.639. The second kappa shape index (κ2) is 6.67. The minimum Gasteiger partial charge on any atom is -0.378 e. The van der Waals surface area contributed by atoms with Gasteiger partial charge in [-0.15, -0.1) is 21.5 Å². The molecule has 0 amide bonds. The molecule has 0 bridgehead atoms. The highest BCUT2D eigenvalue weighted by Crippen LogP contribution is 2.25. The van der Waals surface area contributed by atoms with Crippen molar-refractivity contribution in [2.75, 3.05) is 36.6 Å². The Labute approximate surface area is 130 Å². The molecule has 2 N–H and O–H groups in total. The molecule has 0 unspecified atom stereocenters. The fourth-order valence-electron chi connectivity index (χ4n) is 1.97. The van der Waals surface area contributed by atoms with Gasteiger partial charge in [0.15, 0.2) is 0 Å². The molecule has 3 heterocycles. The van der Waals surface area contributed by atoms with E-state index in [0.717, 1.165) is 31.2 Å². The van der Waals surface area contributed by atoms with Crippen molar-refractivity contribution in [3.05, 3.63) is 33.1 Å². The molecule has 0 aliphatic carbocycles. The molecule has 1 aliphatic rings. The molecule has 2 aromatic heterocycles. The Morgan fingerprint density at radius 2 is 2.23 bits per heavy atom. The van der Waals surface area contributed by atoms with Crippen LogP contribution in [-0.2, 0) is 4.74 Å². The SMILES string of the molecule is Cc1nnc(N/N=C/c2ccc(N3CCOCC3)s2)[nH]c1=O. The number of morpholine rings is 1. The van der Waals surface area contributed by atoms with E-state index in [4.69, 9.17) is 4.74 Å². The number of nitrogens with zero attached hydrogens (tertiary/aromatic N) is 4. The van der Waals surface area contributed by atoms with Crippen LogP contribution in [0.4, 0.5) is 10.9 Å². The summed E-state index contributed by atoms with van der Waals surface area (Å²) in [5, 5.41) is 12.8. The summed E-state index contributed by atoms with van der Waals surface area (Å²) in [4.78, 5) is 17.2. The summed E-state index contributed by atoms with van der Waals surface area (Å²) in [6.07, 6.45) is 1.69. The second-order valence-corrected chi connectivity index (χ2v) is 5.83. The number of aryl methyl sites for hydroxylation is 1. The number of aromatic amines is 1. The topological polar surface area (TPSA) is 95.5 Å². The van der Waals surface area contributed by atoms with Gasteiger partial charge in [-0.25, -0.2) is 5.43 Å². The fourth-order valence-corrected chi connectivity index (χ4v) is 2.90. The number of hydrogen-bond donors (Lipinski definition) is 2. The molecule has 0 saturated carbocycles. The van der Waals surface area contributed by atoms with E-state index in [9.17, 15) is 4.79 Å². The van der Waals surface area contributed by atoms with Crippen molar-refractivity contribution in [3.8, 4) is 0 Å². The van der Waals surface area contributed by atoms with Gasteiger partial charge in [0.1, 0.15) is 5.69 Å². The minimum absolute atomic E-state index is 0.219. The first-order valence-electron chi connectivity index (χ1n) is 6.87. The summed E-state index contributed by atoms with van der Waals surface area (Å²) in [6, 6.07) is 4.08. The van der Waals surface area contributed by atoms with Crippen LogP contribution in [0, 0.1) is 6.92 Å². The Morgan fingerprint density at radius 3 is 3.00 bits per heavy atom. The number of rotatable bonds is 4. The van der Waals surface area contributed by atoms with E-state index in [2.05, 4.69) is 36.7 Å². The van der Waals surface area contributed by atoms with Crippen LogP contribution in [0.1, 0.15) is 10.6 Å². The summed E-state index contributed by atoms with van der Waals surface area (Å²) in [6.45, 7) is 4.95. The van der Waals surface area contributed by atoms with Gasteiger partial charge >= 0.3 is 0 Å². The van der Waals surface area contributed by atoms with Crippen LogP contribution in [0.2, 0.25) is 0 Å². The first-order valence-corrected chi connectivity index (χ1v) is 7.69. The first-order chi connectivity index (χ1) is 10.7. The van der Waals surface area contributed by atoms with E-state index in [1.165, 1.54) is 5.00 Å². The monoisotopic (exact) mass is 320 g/mol. The summed E-state index contributed by atoms with van der Waals surface area (Å²) in [5.41, 5.74) is 2.71. The maximum absolute atomic E-state index is 11.4. The van der Waals surface area contributed by atoms with Gasteiger partial charge in [-0.3, -0.25) is 9.78 Å². The standard InChI is InChI=1S/C13H16N6O2S/c1-9-12(20)15-13(18-16-9)17-14-8-10-2-3-11(22-10)19-4-6-21-7-5-19/h2-3,8H,4-7H2,1H3,(H2,15,17,18,20)/b14-8+. The van der Waals surface area contributed by atoms with Crippen LogP contribution < -0.4 is 15.9 Å². The highest BCUT2D eigenvalue weighted by Gasteiger charge is 2.12. The lowest BCUT2D eigenvalue weighted by atomic mass is 10.4. The zero-order chi connectivity index (χ0) is 15.4. The second-order valence-electron chi connectivity index (χ2n) is 4.73. The average molecular weight is 320 g/mol. The first kappa shape index (κ1) is 14.7. The van der Waals surface area contributed by atoms with Gasteiger partial charge in [0, 0.05) is 18.0 Å². The van der Waals surface area contributed by atoms with Gasteiger partial charge in [-0.2, -0.15) is 5.10 Å². The third-order valence-corrected chi connectivity index (χ3v) is 4.24. The van der Waals surface area contributed by atoms with E-state index in [0.29, 0.717) is 5.69 Å². The Balaban J connectivity index is 1.61. The molecule has 3 rings (SSSR count). The van der Waals surface area contributed by atoms with Crippen molar-refractivity contribution in [2.45, 2.75) is 6.92 Å². The molecule has 8 nitrogen and oxygen atoms in total. The molecule has 22 heavy (non-hydrogen) atoms. The smallest absolute Gasteiger partial charge is 0.274 e. The van der Waals surface area contributed by atoms with E-state index in [1.807, 2.05) is 6.07 Å². The number of ether oxygens (including phenoxy) is 1. The number of hydrazone groups is 1.